The summed E-state index contributed by atoms with van der Waals surface area (Å²) in [5.41, 5.74) is 0. The molecule has 0 fully saturated rings. The highest BCUT2D eigenvalue weighted by molar-refractivity contribution is 7.97. The Labute approximate surface area is 98.4 Å². The molecule has 5 heteroatoms. The van der Waals surface area contributed by atoms with E-state index in [0.717, 1.165) is 17.3 Å². The van der Waals surface area contributed by atoms with Crippen molar-refractivity contribution in [2.45, 2.75) is 31.3 Å². The zero-order chi connectivity index (χ0) is 11.4. The summed E-state index contributed by atoms with van der Waals surface area (Å²) in [6, 6.07) is 3.85. The van der Waals surface area contributed by atoms with Gasteiger partial charge < -0.3 is 8.83 Å². The lowest BCUT2D eigenvalue weighted by Gasteiger charge is -1.96. The highest BCUT2D eigenvalue weighted by Gasteiger charge is 2.09. The molecule has 0 aliphatic rings. The monoisotopic (exact) mass is 238 g/mol. The minimum absolute atomic E-state index is 0.288. The summed E-state index contributed by atoms with van der Waals surface area (Å²) in [6.45, 7) is 4.07. The van der Waals surface area contributed by atoms with Gasteiger partial charge in [-0.2, -0.15) is 0 Å². The van der Waals surface area contributed by atoms with E-state index in [1.807, 2.05) is 26.0 Å². The number of nitrogens with zero attached hydrogens (tertiary/aromatic N) is 2. The van der Waals surface area contributed by atoms with Crippen LogP contribution in [0, 0.1) is 0 Å². The van der Waals surface area contributed by atoms with Crippen LogP contribution in [0.1, 0.15) is 37.3 Å². The van der Waals surface area contributed by atoms with Crippen molar-refractivity contribution in [3.05, 3.63) is 35.9 Å². The average molecular weight is 238 g/mol. The first-order chi connectivity index (χ1) is 7.75. The molecule has 4 nitrogen and oxygen atoms in total. The van der Waals surface area contributed by atoms with E-state index >= 15 is 0 Å². The number of aromatic nitrogens is 2. The Balaban J connectivity index is 1.81. The van der Waals surface area contributed by atoms with Gasteiger partial charge in [-0.15, -0.1) is 22.0 Å². The number of hydrogen-bond acceptors (Lipinski definition) is 5. The van der Waals surface area contributed by atoms with Crippen LogP contribution < -0.4 is 0 Å². The summed E-state index contributed by atoms with van der Waals surface area (Å²) >= 11 is 1.70. The fourth-order valence-electron chi connectivity index (χ4n) is 1.19. The smallest absolute Gasteiger partial charge is 0.226 e. The van der Waals surface area contributed by atoms with Crippen LogP contribution in [0.25, 0.3) is 0 Å². The van der Waals surface area contributed by atoms with Crippen molar-refractivity contribution in [2.24, 2.45) is 0 Å². The molecule has 0 saturated heterocycles. The Hall–Kier alpha value is -1.23. The second-order valence-electron chi connectivity index (χ2n) is 3.76. The normalized spacial score (nSPS) is 11.2. The fourth-order valence-corrected chi connectivity index (χ4v) is 1.95. The first kappa shape index (κ1) is 11.3. The van der Waals surface area contributed by atoms with E-state index in [1.165, 1.54) is 0 Å². The molecule has 0 radical (unpaired) electrons. The summed E-state index contributed by atoms with van der Waals surface area (Å²) in [5.74, 6) is 4.19. The molecule has 86 valence electrons. The molecular formula is C11H14N2O2S. The minimum Gasteiger partial charge on any atom is -0.468 e. The number of thioether (sulfide) groups is 1. The zero-order valence-corrected chi connectivity index (χ0v) is 10.2. The Kier molecular flexibility index (Phi) is 3.66. The van der Waals surface area contributed by atoms with Gasteiger partial charge in [0, 0.05) is 5.92 Å². The van der Waals surface area contributed by atoms with Crippen LogP contribution in [0.3, 0.4) is 0 Å². The van der Waals surface area contributed by atoms with Crippen LogP contribution in [-0.4, -0.2) is 10.2 Å². The lowest BCUT2D eigenvalue weighted by Crippen LogP contribution is -1.85. The minimum atomic E-state index is 0.288. The van der Waals surface area contributed by atoms with Crippen LogP contribution in [0.4, 0.5) is 0 Å². The number of rotatable bonds is 5. The number of hydrogen-bond donors (Lipinski definition) is 0. The molecule has 2 heterocycles. The van der Waals surface area contributed by atoms with Gasteiger partial charge in [0.2, 0.25) is 11.8 Å². The maximum absolute atomic E-state index is 5.49. The molecule has 2 aromatic heterocycles. The quantitative estimate of drug-likeness (QED) is 0.800. The molecule has 16 heavy (non-hydrogen) atoms. The van der Waals surface area contributed by atoms with Crippen molar-refractivity contribution in [1.82, 2.24) is 10.2 Å². The molecule has 0 N–H and O–H groups in total. The van der Waals surface area contributed by atoms with Gasteiger partial charge in [0.15, 0.2) is 0 Å². The van der Waals surface area contributed by atoms with E-state index in [4.69, 9.17) is 8.83 Å². The highest BCUT2D eigenvalue weighted by atomic mass is 32.2. The predicted molar refractivity (Wildman–Crippen MR) is 62.1 cm³/mol. The molecule has 0 atom stereocenters. The second-order valence-corrected chi connectivity index (χ2v) is 4.75. The van der Waals surface area contributed by atoms with Gasteiger partial charge in [-0.05, 0) is 12.1 Å². The topological polar surface area (TPSA) is 52.1 Å². The largest absolute Gasteiger partial charge is 0.468 e. The van der Waals surface area contributed by atoms with E-state index in [9.17, 15) is 0 Å². The first-order valence-electron chi connectivity index (χ1n) is 5.18. The first-order valence-corrected chi connectivity index (χ1v) is 6.33. The summed E-state index contributed by atoms with van der Waals surface area (Å²) in [5, 5.41) is 7.97. The number of furan rings is 1. The molecule has 2 aromatic rings. The molecule has 2 rings (SSSR count). The Morgan fingerprint density at radius 3 is 2.81 bits per heavy atom. The van der Waals surface area contributed by atoms with Crippen LogP contribution in [-0.2, 0) is 11.5 Å². The van der Waals surface area contributed by atoms with Gasteiger partial charge in [0.05, 0.1) is 17.8 Å². The van der Waals surface area contributed by atoms with Gasteiger partial charge in [-0.1, -0.05) is 13.8 Å². The fraction of sp³-hybridized carbons (Fsp3) is 0.455. The van der Waals surface area contributed by atoms with Crippen LogP contribution >= 0.6 is 11.8 Å². The summed E-state index contributed by atoms with van der Waals surface area (Å²) < 4.78 is 10.7. The van der Waals surface area contributed by atoms with Crippen LogP contribution in [0.5, 0.6) is 0 Å². The van der Waals surface area contributed by atoms with Crippen molar-refractivity contribution >= 4 is 11.8 Å². The third kappa shape index (κ3) is 2.88. The van der Waals surface area contributed by atoms with Crippen LogP contribution in [0.2, 0.25) is 0 Å². The molecule has 0 aromatic carbocycles. The molecule has 0 amide bonds. The third-order valence-electron chi connectivity index (χ3n) is 2.03. The average Bonchev–Trinajstić information content (AvgIpc) is 2.87. The van der Waals surface area contributed by atoms with Gasteiger partial charge in [-0.3, -0.25) is 0 Å². The van der Waals surface area contributed by atoms with Crippen molar-refractivity contribution in [3.8, 4) is 0 Å². The molecular weight excluding hydrogens is 224 g/mol. The lowest BCUT2D eigenvalue weighted by atomic mass is 10.2. The Morgan fingerprint density at radius 2 is 2.19 bits per heavy atom. The second kappa shape index (κ2) is 5.21. The molecule has 0 aliphatic heterocycles. The van der Waals surface area contributed by atoms with Crippen molar-refractivity contribution < 1.29 is 8.83 Å². The SMILES string of the molecule is CC(C)c1nnc(CSCc2ccco2)o1. The lowest BCUT2D eigenvalue weighted by molar-refractivity contribution is 0.445. The predicted octanol–water partition coefficient (Wildman–Crippen LogP) is 3.22. The van der Waals surface area contributed by atoms with E-state index in [1.54, 1.807) is 18.0 Å². The molecule has 0 bridgehead atoms. The van der Waals surface area contributed by atoms with Crippen molar-refractivity contribution in [1.29, 1.82) is 0 Å². The molecule has 0 aliphatic carbocycles. The van der Waals surface area contributed by atoms with Gasteiger partial charge >= 0.3 is 0 Å². The van der Waals surface area contributed by atoms with Crippen molar-refractivity contribution in [3.63, 3.8) is 0 Å². The van der Waals surface area contributed by atoms with Gasteiger partial charge in [0.1, 0.15) is 5.76 Å². The van der Waals surface area contributed by atoms with E-state index in [-0.39, 0.29) is 5.92 Å². The van der Waals surface area contributed by atoms with E-state index < -0.39 is 0 Å². The van der Waals surface area contributed by atoms with Crippen molar-refractivity contribution in [2.75, 3.05) is 0 Å². The van der Waals surface area contributed by atoms with Gasteiger partial charge in [0.25, 0.3) is 0 Å². The third-order valence-corrected chi connectivity index (χ3v) is 2.97. The highest BCUT2D eigenvalue weighted by Crippen LogP contribution is 2.19. The zero-order valence-electron chi connectivity index (χ0n) is 9.34. The Bertz CT molecular complexity index is 423. The molecule has 0 spiro atoms. The van der Waals surface area contributed by atoms with E-state index in [0.29, 0.717) is 11.8 Å². The van der Waals surface area contributed by atoms with E-state index in [2.05, 4.69) is 10.2 Å². The summed E-state index contributed by atoms with van der Waals surface area (Å²) in [4.78, 5) is 0. The molecule has 0 saturated carbocycles. The maximum atomic E-state index is 5.49. The summed E-state index contributed by atoms with van der Waals surface area (Å²) in [7, 11) is 0. The standard InChI is InChI=1S/C11H14N2O2S/c1-8(2)11-13-12-10(15-11)7-16-6-9-4-3-5-14-9/h3-5,8H,6-7H2,1-2H3. The van der Waals surface area contributed by atoms with Crippen LogP contribution in [0.15, 0.2) is 27.2 Å². The summed E-state index contributed by atoms with van der Waals surface area (Å²) in [6.07, 6.45) is 1.68. The Morgan fingerprint density at radius 1 is 1.31 bits per heavy atom. The molecule has 0 unspecified atom stereocenters. The van der Waals surface area contributed by atoms with Gasteiger partial charge in [-0.25, -0.2) is 0 Å². The maximum Gasteiger partial charge on any atom is 0.226 e.